The summed E-state index contributed by atoms with van der Waals surface area (Å²) < 4.78 is 0. The van der Waals surface area contributed by atoms with Gasteiger partial charge in [0.2, 0.25) is 0 Å². The molecule has 1 heterocycles. The molecule has 3 rings (SSSR count). The van der Waals surface area contributed by atoms with Gasteiger partial charge in [-0.15, -0.1) is 0 Å². The number of benzene rings is 1. The third-order valence-electron chi connectivity index (χ3n) is 3.83. The predicted octanol–water partition coefficient (Wildman–Crippen LogP) is 2.84. The van der Waals surface area contributed by atoms with Gasteiger partial charge in [-0.05, 0) is 30.4 Å². The first-order valence-electron chi connectivity index (χ1n) is 6.66. The minimum Gasteiger partial charge on any atom is -0.342 e. The van der Waals surface area contributed by atoms with Crippen LogP contribution in [0.2, 0.25) is 0 Å². The zero-order valence-electron chi connectivity index (χ0n) is 10.7. The van der Waals surface area contributed by atoms with E-state index >= 15 is 0 Å². The fraction of sp³-hybridized carbons (Fsp3) is 0.400. The van der Waals surface area contributed by atoms with E-state index in [4.69, 9.17) is 5.73 Å². The molecule has 0 atom stereocenters. The number of nitrogens with two attached hydrogens (primary N) is 1. The van der Waals surface area contributed by atoms with Crippen molar-refractivity contribution < 1.29 is 0 Å². The van der Waals surface area contributed by atoms with Gasteiger partial charge in [-0.2, -0.15) is 0 Å². The Balaban J connectivity index is 1.79. The summed E-state index contributed by atoms with van der Waals surface area (Å²) in [5.74, 6) is 1.62. The minimum atomic E-state index is 0.368. The maximum absolute atomic E-state index is 5.81. The van der Waals surface area contributed by atoms with Crippen LogP contribution in [-0.2, 0) is 6.42 Å². The van der Waals surface area contributed by atoms with Gasteiger partial charge in [-0.3, -0.25) is 0 Å². The second kappa shape index (κ2) is 4.58. The number of nitrogens with zero attached hydrogens (tertiary/aromatic N) is 1. The van der Waals surface area contributed by atoms with Crippen LogP contribution in [0, 0.1) is 0 Å². The molecule has 1 fully saturated rings. The standard InChI is InChI=1S/C15H19N3/c1-2-10-3-5-11(6-4-10)14-9-17-15(18-14)12-7-13(16)8-12/h3-6,9,12-13H,2,7-8,16H2,1H3,(H,17,18). The molecule has 3 heteroatoms. The van der Waals surface area contributed by atoms with Crippen molar-refractivity contribution in [2.45, 2.75) is 38.1 Å². The van der Waals surface area contributed by atoms with E-state index in [0.29, 0.717) is 12.0 Å². The molecule has 0 unspecified atom stereocenters. The number of hydrogen-bond acceptors (Lipinski definition) is 2. The van der Waals surface area contributed by atoms with Crippen LogP contribution in [0.4, 0.5) is 0 Å². The van der Waals surface area contributed by atoms with Crippen molar-refractivity contribution in [1.82, 2.24) is 9.97 Å². The Labute approximate surface area is 107 Å². The number of hydrogen-bond donors (Lipinski definition) is 2. The molecule has 0 spiro atoms. The van der Waals surface area contributed by atoms with E-state index in [0.717, 1.165) is 30.8 Å². The van der Waals surface area contributed by atoms with Crippen molar-refractivity contribution in [3.05, 3.63) is 41.9 Å². The Morgan fingerprint density at radius 3 is 2.61 bits per heavy atom. The van der Waals surface area contributed by atoms with Crippen molar-refractivity contribution in [3.8, 4) is 11.3 Å². The normalized spacial score (nSPS) is 22.8. The van der Waals surface area contributed by atoms with Gasteiger partial charge in [-0.1, -0.05) is 31.2 Å². The number of aryl methyl sites for hydroxylation is 1. The number of H-pyrrole nitrogens is 1. The van der Waals surface area contributed by atoms with Crippen LogP contribution in [-0.4, -0.2) is 16.0 Å². The molecule has 1 saturated carbocycles. The van der Waals surface area contributed by atoms with E-state index < -0.39 is 0 Å². The second-order valence-electron chi connectivity index (χ2n) is 5.16. The Hall–Kier alpha value is -1.61. The summed E-state index contributed by atoms with van der Waals surface area (Å²) in [6.07, 6.45) is 5.12. The molecule has 0 saturated heterocycles. The van der Waals surface area contributed by atoms with E-state index in [1.165, 1.54) is 11.1 Å². The summed E-state index contributed by atoms with van der Waals surface area (Å²) in [5, 5.41) is 0. The molecular weight excluding hydrogens is 222 g/mol. The Kier molecular flexibility index (Phi) is 2.92. The Bertz CT molecular complexity index is 521. The van der Waals surface area contributed by atoms with Crippen LogP contribution in [0.3, 0.4) is 0 Å². The van der Waals surface area contributed by atoms with Gasteiger partial charge in [0.1, 0.15) is 5.82 Å². The van der Waals surface area contributed by atoms with E-state index in [2.05, 4.69) is 41.2 Å². The highest BCUT2D eigenvalue weighted by Crippen LogP contribution is 2.34. The lowest BCUT2D eigenvalue weighted by Gasteiger charge is -2.30. The lowest BCUT2D eigenvalue weighted by Crippen LogP contribution is -2.35. The zero-order valence-corrected chi connectivity index (χ0v) is 10.7. The van der Waals surface area contributed by atoms with Gasteiger partial charge in [0.15, 0.2) is 0 Å². The van der Waals surface area contributed by atoms with Crippen molar-refractivity contribution in [2.24, 2.45) is 5.73 Å². The summed E-state index contributed by atoms with van der Waals surface area (Å²) in [6.45, 7) is 2.17. The van der Waals surface area contributed by atoms with Crippen molar-refractivity contribution in [2.75, 3.05) is 0 Å². The highest BCUT2D eigenvalue weighted by Gasteiger charge is 2.29. The van der Waals surface area contributed by atoms with Gasteiger partial charge in [0.25, 0.3) is 0 Å². The molecule has 0 bridgehead atoms. The maximum atomic E-state index is 5.81. The lowest BCUT2D eigenvalue weighted by atomic mass is 9.80. The minimum absolute atomic E-state index is 0.368. The summed E-state index contributed by atoms with van der Waals surface area (Å²) in [7, 11) is 0. The van der Waals surface area contributed by atoms with E-state index in [-0.39, 0.29) is 0 Å². The van der Waals surface area contributed by atoms with Crippen molar-refractivity contribution >= 4 is 0 Å². The molecule has 94 valence electrons. The number of aromatic nitrogens is 2. The van der Waals surface area contributed by atoms with Crippen LogP contribution in [0.1, 0.15) is 37.1 Å². The molecule has 0 aliphatic heterocycles. The summed E-state index contributed by atoms with van der Waals surface area (Å²) in [6, 6.07) is 9.03. The molecule has 0 amide bonds. The van der Waals surface area contributed by atoms with E-state index in [1.54, 1.807) is 0 Å². The number of imidazole rings is 1. The summed E-state index contributed by atoms with van der Waals surface area (Å²) in [5.41, 5.74) is 9.49. The molecule has 1 aliphatic rings. The first-order valence-corrected chi connectivity index (χ1v) is 6.66. The van der Waals surface area contributed by atoms with Gasteiger partial charge < -0.3 is 10.7 Å². The summed E-state index contributed by atoms with van der Waals surface area (Å²) in [4.78, 5) is 7.90. The molecule has 1 aliphatic carbocycles. The highest BCUT2D eigenvalue weighted by atomic mass is 14.9. The van der Waals surface area contributed by atoms with Crippen LogP contribution in [0.15, 0.2) is 30.5 Å². The quantitative estimate of drug-likeness (QED) is 0.868. The molecule has 0 radical (unpaired) electrons. The number of nitrogens with one attached hydrogen (secondary N) is 1. The first kappa shape index (κ1) is 11.5. The number of aromatic amines is 1. The maximum Gasteiger partial charge on any atom is 0.109 e. The average Bonchev–Trinajstić information content (AvgIpc) is 2.84. The lowest BCUT2D eigenvalue weighted by molar-refractivity contribution is 0.340. The fourth-order valence-electron chi connectivity index (χ4n) is 2.50. The van der Waals surface area contributed by atoms with E-state index in [1.807, 2.05) is 6.20 Å². The van der Waals surface area contributed by atoms with Crippen LogP contribution < -0.4 is 5.73 Å². The number of rotatable bonds is 3. The topological polar surface area (TPSA) is 54.7 Å². The van der Waals surface area contributed by atoms with E-state index in [9.17, 15) is 0 Å². The predicted molar refractivity (Wildman–Crippen MR) is 73.4 cm³/mol. The van der Waals surface area contributed by atoms with Crippen molar-refractivity contribution in [3.63, 3.8) is 0 Å². The third-order valence-corrected chi connectivity index (χ3v) is 3.83. The van der Waals surface area contributed by atoms with Gasteiger partial charge >= 0.3 is 0 Å². The largest absolute Gasteiger partial charge is 0.342 e. The average molecular weight is 241 g/mol. The van der Waals surface area contributed by atoms with Crippen LogP contribution in [0.5, 0.6) is 0 Å². The Morgan fingerprint density at radius 1 is 1.28 bits per heavy atom. The molecule has 2 aromatic rings. The molecule has 1 aromatic carbocycles. The fourth-order valence-corrected chi connectivity index (χ4v) is 2.50. The first-order chi connectivity index (χ1) is 8.76. The Morgan fingerprint density at radius 2 is 2.00 bits per heavy atom. The van der Waals surface area contributed by atoms with Gasteiger partial charge in [-0.25, -0.2) is 4.98 Å². The van der Waals surface area contributed by atoms with Gasteiger partial charge in [0.05, 0.1) is 11.9 Å². The molecular formula is C15H19N3. The van der Waals surface area contributed by atoms with Crippen molar-refractivity contribution in [1.29, 1.82) is 0 Å². The molecule has 18 heavy (non-hydrogen) atoms. The van der Waals surface area contributed by atoms with Crippen LogP contribution >= 0.6 is 0 Å². The monoisotopic (exact) mass is 241 g/mol. The zero-order chi connectivity index (χ0) is 12.5. The third kappa shape index (κ3) is 2.06. The van der Waals surface area contributed by atoms with Crippen LogP contribution in [0.25, 0.3) is 11.3 Å². The molecule has 3 N–H and O–H groups in total. The molecule has 3 nitrogen and oxygen atoms in total. The highest BCUT2D eigenvalue weighted by molar-refractivity contribution is 5.59. The molecule has 1 aromatic heterocycles. The second-order valence-corrected chi connectivity index (χ2v) is 5.16. The van der Waals surface area contributed by atoms with Gasteiger partial charge in [0, 0.05) is 12.0 Å². The smallest absolute Gasteiger partial charge is 0.109 e. The SMILES string of the molecule is CCc1ccc(-c2cnc(C3CC(N)C3)[nH]2)cc1. The summed E-state index contributed by atoms with van der Waals surface area (Å²) >= 11 is 0.